The molecule has 3 atom stereocenters. The van der Waals surface area contributed by atoms with E-state index in [0.717, 1.165) is 38.5 Å². The van der Waals surface area contributed by atoms with E-state index in [4.69, 9.17) is 43.3 Å². The summed E-state index contributed by atoms with van der Waals surface area (Å²) >= 11 is 0. The van der Waals surface area contributed by atoms with Crippen molar-refractivity contribution in [2.75, 3.05) is 21.3 Å². The molecule has 2 aliphatic carbocycles. The monoisotopic (exact) mass is 726 g/mol. The van der Waals surface area contributed by atoms with Crippen LogP contribution in [0.25, 0.3) is 0 Å². The maximum Gasteiger partial charge on any atom is 0.674 e. The summed E-state index contributed by atoms with van der Waals surface area (Å²) in [6.07, 6.45) is 10.8. The molecule has 0 amide bonds. The molecular weight excluding hydrogens is 657 g/mol. The van der Waals surface area contributed by atoms with E-state index in [1.807, 2.05) is 62.3 Å². The smallest absolute Gasteiger partial charge is 0.398 e. The Morgan fingerprint density at radius 3 is 1.13 bits per heavy atom. The second-order valence-electron chi connectivity index (χ2n) is 17.1. The fraction of sp³-hybridized carbons (Fsp3) is 1.00. The minimum absolute atomic E-state index is 0.00548. The normalized spacial score (nSPS) is 22.7. The first-order chi connectivity index (χ1) is 20.8. The van der Waals surface area contributed by atoms with Crippen molar-refractivity contribution in [1.29, 1.82) is 0 Å². The van der Waals surface area contributed by atoms with Crippen LogP contribution in [0.3, 0.4) is 0 Å². The van der Waals surface area contributed by atoms with Crippen LogP contribution in [0.1, 0.15) is 147 Å². The molecular formula is C32H70O10Si4. The average Bonchev–Trinajstić information content (AvgIpc) is 2.90. The Morgan fingerprint density at radius 1 is 0.413 bits per heavy atom. The van der Waals surface area contributed by atoms with Crippen LogP contribution in [-0.4, -0.2) is 79.2 Å². The van der Waals surface area contributed by atoms with E-state index in [0.29, 0.717) is 5.54 Å². The van der Waals surface area contributed by atoms with Gasteiger partial charge in [0.2, 0.25) is 0 Å². The van der Waals surface area contributed by atoms with Gasteiger partial charge in [-0.15, -0.1) is 0 Å². The lowest BCUT2D eigenvalue weighted by molar-refractivity contribution is -0.116. The molecule has 0 heterocycles. The third-order valence-corrected chi connectivity index (χ3v) is 23.8. The highest BCUT2D eigenvalue weighted by molar-refractivity contribution is 6.83. The largest absolute Gasteiger partial charge is 0.674 e. The molecule has 2 rings (SSSR count). The molecule has 2 saturated carbocycles. The molecule has 0 aromatic carbocycles. The highest BCUT2D eigenvalue weighted by Crippen LogP contribution is 2.48. The summed E-state index contributed by atoms with van der Waals surface area (Å²) in [5, 5.41) is 0. The Morgan fingerprint density at radius 2 is 0.783 bits per heavy atom. The maximum atomic E-state index is 7.55. The molecule has 0 spiro atoms. The zero-order valence-corrected chi connectivity index (χ0v) is 36.3. The van der Waals surface area contributed by atoms with Crippen molar-refractivity contribution < 1.29 is 43.3 Å². The van der Waals surface area contributed by atoms with Crippen molar-refractivity contribution in [3.8, 4) is 0 Å². The minimum atomic E-state index is -4.28. The molecule has 14 heteroatoms. The molecule has 0 aromatic rings. The molecule has 0 radical (unpaired) electrons. The lowest BCUT2D eigenvalue weighted by Gasteiger charge is -2.50. The minimum Gasteiger partial charge on any atom is -0.398 e. The Labute approximate surface area is 286 Å². The highest BCUT2D eigenvalue weighted by atomic mass is 28.5. The lowest BCUT2D eigenvalue weighted by atomic mass is 10.0. The van der Waals surface area contributed by atoms with Gasteiger partial charge in [-0.2, -0.15) is 0 Å². The number of hydrogen-bond donors (Lipinski definition) is 0. The zero-order chi connectivity index (χ0) is 35.3. The SMILES string of the molecule is CO[Si](OC(C)(C)C)(OC(C)(C)C)O[Si](OC)(OC(C)(C)C)O[Si](OC(C)(C)C)(O[Si](C)(OC)C1CCCCC1)C1CCCCC1. The molecule has 46 heavy (non-hydrogen) atoms. The standard InChI is InChI=1S/C32H70O10Si4/c1-29(2,3)36-44(28-25-21-18-22-26-28,40-43(16,33-13)27-23-19-17-20-24-27)41-46(35-15,39-32(10,11)12)42-45(34-14,37-30(4,5)6)38-31(7,8)9/h27-28H,17-26H2,1-16H3. The van der Waals surface area contributed by atoms with Crippen molar-refractivity contribution in [3.05, 3.63) is 0 Å². The number of rotatable bonds is 15. The predicted molar refractivity (Wildman–Crippen MR) is 190 cm³/mol. The van der Waals surface area contributed by atoms with Crippen molar-refractivity contribution in [2.24, 2.45) is 0 Å². The van der Waals surface area contributed by atoms with Crippen molar-refractivity contribution in [2.45, 2.75) is 187 Å². The molecule has 0 aliphatic heterocycles. The molecule has 274 valence electrons. The van der Waals surface area contributed by atoms with Gasteiger partial charge in [0.1, 0.15) is 0 Å². The van der Waals surface area contributed by atoms with Crippen molar-refractivity contribution in [3.63, 3.8) is 0 Å². The first-order valence-corrected chi connectivity index (χ1v) is 24.9. The van der Waals surface area contributed by atoms with Crippen molar-refractivity contribution >= 4 is 35.5 Å². The molecule has 0 bridgehead atoms. The van der Waals surface area contributed by atoms with Gasteiger partial charge in [0.05, 0.1) is 22.4 Å². The van der Waals surface area contributed by atoms with Gasteiger partial charge in [-0.05, 0) is 115 Å². The van der Waals surface area contributed by atoms with Gasteiger partial charge in [-0.1, -0.05) is 38.5 Å². The summed E-state index contributed by atoms with van der Waals surface area (Å²) in [7, 11) is -10.1. The van der Waals surface area contributed by atoms with E-state index in [-0.39, 0.29) is 5.54 Å². The molecule has 0 aromatic heterocycles. The molecule has 2 aliphatic rings. The Balaban J connectivity index is 2.88. The van der Waals surface area contributed by atoms with Crippen LogP contribution in [0, 0.1) is 0 Å². The molecule has 0 N–H and O–H groups in total. The van der Waals surface area contributed by atoms with E-state index in [1.54, 1.807) is 21.3 Å². The number of hydrogen-bond acceptors (Lipinski definition) is 10. The van der Waals surface area contributed by atoms with Crippen LogP contribution in [-0.2, 0) is 43.3 Å². The average molecular weight is 727 g/mol. The third kappa shape index (κ3) is 13.3. The molecule has 2 fully saturated rings. The molecule has 10 nitrogen and oxygen atoms in total. The Bertz CT molecular complexity index is 904. The maximum absolute atomic E-state index is 7.55. The van der Waals surface area contributed by atoms with Gasteiger partial charge < -0.3 is 43.3 Å². The van der Waals surface area contributed by atoms with Crippen LogP contribution >= 0.6 is 0 Å². The van der Waals surface area contributed by atoms with Crippen LogP contribution in [0.15, 0.2) is 0 Å². The summed E-state index contributed by atoms with van der Waals surface area (Å²) in [5.41, 5.74) is -2.37. The second kappa shape index (κ2) is 16.2. The van der Waals surface area contributed by atoms with Crippen LogP contribution in [0.2, 0.25) is 17.6 Å². The molecule has 3 unspecified atom stereocenters. The lowest BCUT2D eigenvalue weighted by Crippen LogP contribution is -2.72. The van der Waals surface area contributed by atoms with Crippen molar-refractivity contribution in [1.82, 2.24) is 0 Å². The summed E-state index contributed by atoms with van der Waals surface area (Å²) in [4.78, 5) is 0. The second-order valence-corrected chi connectivity index (χ2v) is 28.4. The summed E-state index contributed by atoms with van der Waals surface area (Å²) in [6.45, 7) is 25.9. The predicted octanol–water partition coefficient (Wildman–Crippen LogP) is 8.79. The summed E-state index contributed by atoms with van der Waals surface area (Å²) < 4.78 is 68.2. The van der Waals surface area contributed by atoms with Gasteiger partial charge in [-0.3, -0.25) is 0 Å². The van der Waals surface area contributed by atoms with Crippen LogP contribution in [0.4, 0.5) is 0 Å². The Kier molecular flexibility index (Phi) is 15.0. The van der Waals surface area contributed by atoms with E-state index in [9.17, 15) is 0 Å². The third-order valence-electron chi connectivity index (χ3n) is 7.96. The van der Waals surface area contributed by atoms with Gasteiger partial charge in [0.25, 0.3) is 0 Å². The van der Waals surface area contributed by atoms with Crippen LogP contribution in [0.5, 0.6) is 0 Å². The van der Waals surface area contributed by atoms with Gasteiger partial charge in [-0.25, -0.2) is 0 Å². The Hall–Kier alpha value is 0.468. The molecule has 0 saturated heterocycles. The van der Waals surface area contributed by atoms with Gasteiger partial charge >= 0.3 is 35.5 Å². The van der Waals surface area contributed by atoms with Gasteiger partial charge in [0, 0.05) is 32.4 Å². The first-order valence-electron chi connectivity index (χ1n) is 17.4. The highest BCUT2D eigenvalue weighted by Gasteiger charge is 2.69. The van der Waals surface area contributed by atoms with E-state index >= 15 is 0 Å². The fourth-order valence-electron chi connectivity index (χ4n) is 6.22. The van der Waals surface area contributed by atoms with Crippen LogP contribution < -0.4 is 0 Å². The topological polar surface area (TPSA) is 92.3 Å². The van der Waals surface area contributed by atoms with E-state index in [2.05, 4.69) is 27.3 Å². The van der Waals surface area contributed by atoms with Gasteiger partial charge in [0.15, 0.2) is 0 Å². The quantitative estimate of drug-likeness (QED) is 0.153. The summed E-state index contributed by atoms with van der Waals surface area (Å²) in [6, 6.07) is 0. The zero-order valence-electron chi connectivity index (χ0n) is 32.3. The first kappa shape index (κ1) is 42.6. The van der Waals surface area contributed by atoms with E-state index < -0.39 is 57.9 Å². The van der Waals surface area contributed by atoms with E-state index in [1.165, 1.54) is 25.7 Å². The summed E-state index contributed by atoms with van der Waals surface area (Å²) in [5.74, 6) is 0. The fourth-order valence-corrected chi connectivity index (χ4v) is 23.0.